The number of rotatable bonds is 3. The SMILES string of the molecule is Cl.O=C(Nc1cccc(-c2ccn[nH]2)c1)[C@@H]1CCCNC1. The number of amides is 1. The molecule has 0 radical (unpaired) electrons. The van der Waals surface area contributed by atoms with Crippen molar-refractivity contribution in [2.24, 2.45) is 5.92 Å². The van der Waals surface area contributed by atoms with Crippen LogP contribution in [0.3, 0.4) is 0 Å². The summed E-state index contributed by atoms with van der Waals surface area (Å²) in [7, 11) is 0. The molecule has 1 aliphatic heterocycles. The quantitative estimate of drug-likeness (QED) is 0.816. The molecular weight excluding hydrogens is 288 g/mol. The lowest BCUT2D eigenvalue weighted by Gasteiger charge is -2.22. The molecule has 3 rings (SSSR count). The van der Waals surface area contributed by atoms with Crippen molar-refractivity contribution in [3.8, 4) is 11.3 Å². The number of carbonyl (C=O) groups excluding carboxylic acids is 1. The summed E-state index contributed by atoms with van der Waals surface area (Å²) >= 11 is 0. The number of nitrogens with one attached hydrogen (secondary N) is 3. The minimum absolute atomic E-state index is 0. The molecule has 1 saturated heterocycles. The Morgan fingerprint density at radius 3 is 2.95 bits per heavy atom. The van der Waals surface area contributed by atoms with E-state index < -0.39 is 0 Å². The van der Waals surface area contributed by atoms with Crippen LogP contribution in [0, 0.1) is 5.92 Å². The molecule has 0 unspecified atom stereocenters. The van der Waals surface area contributed by atoms with Gasteiger partial charge in [-0.15, -0.1) is 12.4 Å². The molecular formula is C15H19ClN4O. The van der Waals surface area contributed by atoms with Crippen LogP contribution in [0.4, 0.5) is 5.69 Å². The number of hydrogen-bond donors (Lipinski definition) is 3. The summed E-state index contributed by atoms with van der Waals surface area (Å²) in [4.78, 5) is 12.2. The minimum Gasteiger partial charge on any atom is -0.326 e. The predicted octanol–water partition coefficient (Wildman–Crippen LogP) is 2.44. The molecule has 112 valence electrons. The molecule has 0 spiro atoms. The summed E-state index contributed by atoms with van der Waals surface area (Å²) in [5, 5.41) is 13.1. The number of nitrogens with zero attached hydrogens (tertiary/aromatic N) is 1. The maximum absolute atomic E-state index is 12.2. The highest BCUT2D eigenvalue weighted by Gasteiger charge is 2.20. The number of halogens is 1. The standard InChI is InChI=1S/C15H18N4O.ClH/c20-15(12-4-2-7-16-10-12)18-13-5-1-3-11(9-13)14-6-8-17-19-14;/h1,3,5-6,8-9,12,16H,2,4,7,10H2,(H,17,19)(H,18,20);1H/t12-;/m1./s1. The maximum Gasteiger partial charge on any atom is 0.228 e. The maximum atomic E-state index is 12.2. The molecule has 1 aliphatic rings. The Labute approximate surface area is 129 Å². The molecule has 0 aliphatic carbocycles. The molecule has 1 amide bonds. The van der Waals surface area contributed by atoms with Crippen molar-refractivity contribution in [3.63, 3.8) is 0 Å². The second kappa shape index (κ2) is 7.24. The first-order valence-corrected chi connectivity index (χ1v) is 6.94. The van der Waals surface area contributed by atoms with Crippen molar-refractivity contribution in [2.75, 3.05) is 18.4 Å². The van der Waals surface area contributed by atoms with Crippen LogP contribution in [0.25, 0.3) is 11.3 Å². The molecule has 6 heteroatoms. The molecule has 1 fully saturated rings. The number of H-pyrrole nitrogens is 1. The van der Waals surface area contributed by atoms with Crippen molar-refractivity contribution < 1.29 is 4.79 Å². The van der Waals surface area contributed by atoms with Gasteiger partial charge in [-0.3, -0.25) is 9.89 Å². The molecule has 1 aromatic carbocycles. The number of aromatic amines is 1. The fraction of sp³-hybridized carbons (Fsp3) is 0.333. The Hall–Kier alpha value is -1.85. The van der Waals surface area contributed by atoms with Crippen LogP contribution in [0.2, 0.25) is 0 Å². The molecule has 2 aromatic rings. The van der Waals surface area contributed by atoms with Gasteiger partial charge in [-0.05, 0) is 37.6 Å². The average Bonchev–Trinajstić information content (AvgIpc) is 3.03. The molecule has 1 aromatic heterocycles. The normalized spacial score (nSPS) is 17.8. The highest BCUT2D eigenvalue weighted by atomic mass is 35.5. The first-order valence-electron chi connectivity index (χ1n) is 6.94. The third-order valence-electron chi connectivity index (χ3n) is 3.61. The van der Waals surface area contributed by atoms with Gasteiger partial charge in [0.15, 0.2) is 0 Å². The summed E-state index contributed by atoms with van der Waals surface area (Å²) < 4.78 is 0. The zero-order chi connectivity index (χ0) is 13.8. The summed E-state index contributed by atoms with van der Waals surface area (Å²) in [5.74, 6) is 0.165. The number of carbonyl (C=O) groups is 1. The second-order valence-corrected chi connectivity index (χ2v) is 5.08. The molecule has 0 bridgehead atoms. The number of piperidine rings is 1. The van der Waals surface area contributed by atoms with Crippen molar-refractivity contribution in [1.29, 1.82) is 0 Å². The molecule has 2 heterocycles. The van der Waals surface area contributed by atoms with Crippen LogP contribution < -0.4 is 10.6 Å². The Morgan fingerprint density at radius 1 is 1.33 bits per heavy atom. The van der Waals surface area contributed by atoms with Crippen LogP contribution in [0.5, 0.6) is 0 Å². The molecule has 1 atom stereocenters. The van der Waals surface area contributed by atoms with Crippen LogP contribution in [0.1, 0.15) is 12.8 Å². The van der Waals surface area contributed by atoms with Crippen molar-refractivity contribution >= 4 is 24.0 Å². The lowest BCUT2D eigenvalue weighted by atomic mass is 9.98. The number of anilines is 1. The lowest BCUT2D eigenvalue weighted by molar-refractivity contribution is -0.120. The zero-order valence-electron chi connectivity index (χ0n) is 11.6. The Bertz CT molecular complexity index is 579. The smallest absolute Gasteiger partial charge is 0.228 e. The van der Waals surface area contributed by atoms with E-state index in [1.165, 1.54) is 0 Å². The summed E-state index contributed by atoms with van der Waals surface area (Å²) in [5.41, 5.74) is 2.79. The van der Waals surface area contributed by atoms with E-state index in [9.17, 15) is 4.79 Å². The fourth-order valence-electron chi connectivity index (χ4n) is 2.50. The average molecular weight is 307 g/mol. The number of hydrogen-bond acceptors (Lipinski definition) is 3. The molecule has 21 heavy (non-hydrogen) atoms. The zero-order valence-corrected chi connectivity index (χ0v) is 12.5. The first-order chi connectivity index (χ1) is 9.83. The van der Waals surface area contributed by atoms with Gasteiger partial charge >= 0.3 is 0 Å². The summed E-state index contributed by atoms with van der Waals surface area (Å²) in [6.07, 6.45) is 3.74. The van der Waals surface area contributed by atoms with Crippen LogP contribution in [-0.4, -0.2) is 29.2 Å². The van der Waals surface area contributed by atoms with Gasteiger partial charge in [-0.1, -0.05) is 12.1 Å². The minimum atomic E-state index is 0. The fourth-order valence-corrected chi connectivity index (χ4v) is 2.50. The van der Waals surface area contributed by atoms with Gasteiger partial charge in [0.1, 0.15) is 0 Å². The van der Waals surface area contributed by atoms with Gasteiger partial charge in [0.25, 0.3) is 0 Å². The van der Waals surface area contributed by atoms with E-state index in [1.54, 1.807) is 6.20 Å². The Morgan fingerprint density at radius 2 is 2.24 bits per heavy atom. The largest absolute Gasteiger partial charge is 0.326 e. The van der Waals surface area contributed by atoms with Crippen LogP contribution in [-0.2, 0) is 4.79 Å². The van der Waals surface area contributed by atoms with Gasteiger partial charge < -0.3 is 10.6 Å². The van der Waals surface area contributed by atoms with Crippen molar-refractivity contribution in [1.82, 2.24) is 15.5 Å². The molecule has 3 N–H and O–H groups in total. The summed E-state index contributed by atoms with van der Waals surface area (Å²) in [6.45, 7) is 1.78. The topological polar surface area (TPSA) is 69.8 Å². The van der Waals surface area contributed by atoms with E-state index in [4.69, 9.17) is 0 Å². The van der Waals surface area contributed by atoms with Gasteiger partial charge in [-0.25, -0.2) is 0 Å². The summed E-state index contributed by atoms with van der Waals surface area (Å²) in [6, 6.07) is 9.71. The number of aromatic nitrogens is 2. The van der Waals surface area contributed by atoms with E-state index in [0.29, 0.717) is 0 Å². The Kier molecular flexibility index (Phi) is 5.36. The molecule has 5 nitrogen and oxygen atoms in total. The number of benzene rings is 1. The lowest BCUT2D eigenvalue weighted by Crippen LogP contribution is -2.37. The predicted molar refractivity (Wildman–Crippen MR) is 85.5 cm³/mol. The van der Waals surface area contributed by atoms with E-state index in [-0.39, 0.29) is 24.2 Å². The highest BCUT2D eigenvalue weighted by molar-refractivity contribution is 5.93. The van der Waals surface area contributed by atoms with Gasteiger partial charge in [-0.2, -0.15) is 5.10 Å². The highest BCUT2D eigenvalue weighted by Crippen LogP contribution is 2.21. The first kappa shape index (κ1) is 15.5. The third-order valence-corrected chi connectivity index (χ3v) is 3.61. The van der Waals surface area contributed by atoms with E-state index >= 15 is 0 Å². The van der Waals surface area contributed by atoms with Crippen LogP contribution in [0.15, 0.2) is 36.5 Å². The van der Waals surface area contributed by atoms with E-state index in [2.05, 4.69) is 20.8 Å². The van der Waals surface area contributed by atoms with Crippen molar-refractivity contribution in [2.45, 2.75) is 12.8 Å². The van der Waals surface area contributed by atoms with E-state index in [0.717, 1.165) is 42.9 Å². The monoisotopic (exact) mass is 306 g/mol. The van der Waals surface area contributed by atoms with Gasteiger partial charge in [0.2, 0.25) is 5.91 Å². The van der Waals surface area contributed by atoms with Crippen molar-refractivity contribution in [3.05, 3.63) is 36.5 Å². The Balaban J connectivity index is 0.00000161. The van der Waals surface area contributed by atoms with Gasteiger partial charge in [0.05, 0.1) is 11.6 Å². The van der Waals surface area contributed by atoms with Gasteiger partial charge in [0, 0.05) is 24.0 Å². The van der Waals surface area contributed by atoms with E-state index in [1.807, 2.05) is 30.3 Å². The van der Waals surface area contributed by atoms with Crippen LogP contribution >= 0.6 is 12.4 Å². The molecule has 0 saturated carbocycles. The second-order valence-electron chi connectivity index (χ2n) is 5.08. The third kappa shape index (κ3) is 3.83.